The molecule has 2 aromatic rings. The van der Waals surface area contributed by atoms with Crippen molar-refractivity contribution >= 4 is 16.9 Å². The molecule has 4 N–H and O–H groups in total. The zero-order valence-corrected chi connectivity index (χ0v) is 11.7. The van der Waals surface area contributed by atoms with E-state index in [1.54, 1.807) is 6.92 Å². The van der Waals surface area contributed by atoms with Gasteiger partial charge >= 0.3 is 6.08 Å². The zero-order chi connectivity index (χ0) is 16.1. The molecule has 116 valence electrons. The van der Waals surface area contributed by atoms with Gasteiger partial charge in [-0.3, -0.25) is 0 Å². The molecule has 1 saturated heterocycles. The summed E-state index contributed by atoms with van der Waals surface area (Å²) in [4.78, 5) is 7.16. The van der Waals surface area contributed by atoms with Gasteiger partial charge in [0.2, 0.25) is 0 Å². The Hall–Kier alpha value is -2.28. The van der Waals surface area contributed by atoms with E-state index in [-0.39, 0.29) is 17.9 Å². The monoisotopic (exact) mass is 307 g/mol. The van der Waals surface area contributed by atoms with Crippen molar-refractivity contribution in [2.45, 2.75) is 31.3 Å². The highest BCUT2D eigenvalue weighted by atomic mass is 19.1. The standard InChI is InChI=1S/C13H14FN5O3/c1-3-13(5-20)7(21)4-8(22-13)19-11-9(6(2)18-19)10(15)16-12(14)17-11/h1,7-8,20-21H,4-5H2,2H3,(H2,15,16,17)/t7-,8-,13+/m0/s1. The number of aromatic nitrogens is 4. The molecule has 8 nitrogen and oxygen atoms in total. The topological polar surface area (TPSA) is 119 Å². The maximum Gasteiger partial charge on any atom is 0.312 e. The number of nitrogens with zero attached hydrogens (tertiary/aromatic N) is 4. The van der Waals surface area contributed by atoms with Gasteiger partial charge < -0.3 is 20.7 Å². The van der Waals surface area contributed by atoms with Crippen LogP contribution in [0.3, 0.4) is 0 Å². The van der Waals surface area contributed by atoms with E-state index in [0.717, 1.165) is 0 Å². The third kappa shape index (κ3) is 1.93. The van der Waals surface area contributed by atoms with E-state index < -0.39 is 30.6 Å². The summed E-state index contributed by atoms with van der Waals surface area (Å²) in [5.41, 5.74) is 4.81. The van der Waals surface area contributed by atoms with Crippen LogP contribution in [-0.2, 0) is 4.74 Å². The number of fused-ring (bicyclic) bond motifs is 1. The van der Waals surface area contributed by atoms with E-state index in [9.17, 15) is 14.6 Å². The number of halogens is 1. The second kappa shape index (κ2) is 4.88. The minimum absolute atomic E-state index is 0.0323. The van der Waals surface area contributed by atoms with Gasteiger partial charge in [0.25, 0.3) is 0 Å². The van der Waals surface area contributed by atoms with E-state index in [0.29, 0.717) is 11.1 Å². The van der Waals surface area contributed by atoms with Gasteiger partial charge in [-0.15, -0.1) is 6.42 Å². The van der Waals surface area contributed by atoms with Gasteiger partial charge in [0.05, 0.1) is 17.7 Å². The molecule has 3 atom stereocenters. The van der Waals surface area contributed by atoms with Crippen molar-refractivity contribution in [3.63, 3.8) is 0 Å². The molecule has 0 bridgehead atoms. The van der Waals surface area contributed by atoms with Crippen molar-refractivity contribution in [2.24, 2.45) is 0 Å². The van der Waals surface area contributed by atoms with Crippen molar-refractivity contribution in [3.05, 3.63) is 11.8 Å². The van der Waals surface area contributed by atoms with Crippen molar-refractivity contribution in [1.82, 2.24) is 19.7 Å². The van der Waals surface area contributed by atoms with E-state index in [1.165, 1.54) is 4.68 Å². The molecule has 0 unspecified atom stereocenters. The number of anilines is 1. The van der Waals surface area contributed by atoms with Gasteiger partial charge in [0.15, 0.2) is 17.5 Å². The number of hydrogen-bond acceptors (Lipinski definition) is 7. The fourth-order valence-corrected chi connectivity index (χ4v) is 2.63. The van der Waals surface area contributed by atoms with Crippen LogP contribution in [-0.4, -0.2) is 48.3 Å². The van der Waals surface area contributed by atoms with E-state index in [1.807, 2.05) is 0 Å². The number of aliphatic hydroxyl groups is 2. The van der Waals surface area contributed by atoms with Crippen LogP contribution in [0.4, 0.5) is 10.2 Å². The Balaban J connectivity index is 2.11. The first-order valence-corrected chi connectivity index (χ1v) is 6.54. The van der Waals surface area contributed by atoms with E-state index in [4.69, 9.17) is 16.9 Å². The lowest BCUT2D eigenvalue weighted by atomic mass is 9.99. The number of rotatable bonds is 2. The van der Waals surface area contributed by atoms with E-state index >= 15 is 0 Å². The SMILES string of the molecule is C#C[C@]1(CO)O[C@H](n2nc(C)c3c(N)nc(F)nc32)C[C@@H]1O. The van der Waals surface area contributed by atoms with Crippen LogP contribution >= 0.6 is 0 Å². The van der Waals surface area contributed by atoms with Crippen LogP contribution in [0.2, 0.25) is 0 Å². The van der Waals surface area contributed by atoms with Crippen LogP contribution in [0.15, 0.2) is 0 Å². The molecule has 0 aromatic carbocycles. The van der Waals surface area contributed by atoms with Gasteiger partial charge in [-0.2, -0.15) is 19.5 Å². The summed E-state index contributed by atoms with van der Waals surface area (Å²) in [7, 11) is 0. The molecular weight excluding hydrogens is 293 g/mol. The van der Waals surface area contributed by atoms with Crippen LogP contribution in [0, 0.1) is 25.3 Å². The third-order valence-electron chi connectivity index (χ3n) is 3.79. The first-order valence-electron chi connectivity index (χ1n) is 6.54. The van der Waals surface area contributed by atoms with Gasteiger partial charge in [-0.1, -0.05) is 5.92 Å². The Bertz CT molecular complexity index is 786. The van der Waals surface area contributed by atoms with Crippen LogP contribution < -0.4 is 5.73 Å². The lowest BCUT2D eigenvalue weighted by Gasteiger charge is -2.23. The highest BCUT2D eigenvalue weighted by Crippen LogP contribution is 2.38. The smallest absolute Gasteiger partial charge is 0.312 e. The zero-order valence-electron chi connectivity index (χ0n) is 11.7. The van der Waals surface area contributed by atoms with Gasteiger partial charge in [0.1, 0.15) is 11.9 Å². The summed E-state index contributed by atoms with van der Waals surface area (Å²) in [6.07, 6.45) is 2.54. The number of terminal acetylenes is 1. The molecule has 0 spiro atoms. The van der Waals surface area contributed by atoms with Gasteiger partial charge in [0, 0.05) is 6.42 Å². The largest absolute Gasteiger partial charge is 0.392 e. The predicted molar refractivity (Wildman–Crippen MR) is 73.8 cm³/mol. The van der Waals surface area contributed by atoms with Crippen LogP contribution in [0.5, 0.6) is 0 Å². The number of aliphatic hydroxyl groups excluding tert-OH is 2. The second-order valence-electron chi connectivity index (χ2n) is 5.12. The Morgan fingerprint density at radius 2 is 2.32 bits per heavy atom. The first-order chi connectivity index (χ1) is 10.4. The molecule has 0 aliphatic carbocycles. The Kier molecular flexibility index (Phi) is 3.25. The molecule has 1 aliphatic heterocycles. The molecular formula is C13H14FN5O3. The minimum atomic E-state index is -1.52. The quantitative estimate of drug-likeness (QED) is 0.505. The molecule has 3 heterocycles. The molecule has 1 fully saturated rings. The van der Waals surface area contributed by atoms with Crippen molar-refractivity contribution in [3.8, 4) is 12.3 Å². The molecule has 22 heavy (non-hydrogen) atoms. The third-order valence-corrected chi connectivity index (χ3v) is 3.79. The number of hydrogen-bond donors (Lipinski definition) is 3. The minimum Gasteiger partial charge on any atom is -0.392 e. The summed E-state index contributed by atoms with van der Waals surface area (Å²) in [6.45, 7) is 1.12. The average molecular weight is 307 g/mol. The fourth-order valence-electron chi connectivity index (χ4n) is 2.63. The highest BCUT2D eigenvalue weighted by Gasteiger charge is 2.48. The lowest BCUT2D eigenvalue weighted by molar-refractivity contribution is -0.0922. The summed E-state index contributed by atoms with van der Waals surface area (Å²) >= 11 is 0. The van der Waals surface area contributed by atoms with Gasteiger partial charge in [-0.25, -0.2) is 4.68 Å². The molecule has 0 amide bonds. The number of aryl methyl sites for hydroxylation is 1. The molecule has 0 saturated carbocycles. The first kappa shape index (κ1) is 14.6. The summed E-state index contributed by atoms with van der Waals surface area (Å²) in [5, 5.41) is 24.1. The molecule has 2 aromatic heterocycles. The number of ether oxygens (including phenoxy) is 1. The number of nitrogen functional groups attached to an aromatic ring is 1. The molecule has 1 aliphatic rings. The highest BCUT2D eigenvalue weighted by molar-refractivity contribution is 5.87. The van der Waals surface area contributed by atoms with Gasteiger partial charge in [-0.05, 0) is 6.92 Å². The summed E-state index contributed by atoms with van der Waals surface area (Å²) in [6, 6.07) is 0. The molecule has 3 rings (SSSR count). The number of nitrogens with two attached hydrogens (primary N) is 1. The fraction of sp³-hybridized carbons (Fsp3) is 0.462. The van der Waals surface area contributed by atoms with Crippen molar-refractivity contribution in [2.75, 3.05) is 12.3 Å². The Labute approximate surface area is 124 Å². The molecule has 9 heteroatoms. The molecule has 0 radical (unpaired) electrons. The Morgan fingerprint density at radius 3 is 2.91 bits per heavy atom. The maximum atomic E-state index is 13.4. The predicted octanol–water partition coefficient (Wildman–Crippen LogP) is -0.500. The summed E-state index contributed by atoms with van der Waals surface area (Å²) < 4.78 is 20.3. The van der Waals surface area contributed by atoms with Crippen LogP contribution in [0.25, 0.3) is 11.0 Å². The second-order valence-corrected chi connectivity index (χ2v) is 5.12. The van der Waals surface area contributed by atoms with Crippen molar-refractivity contribution < 1.29 is 19.3 Å². The van der Waals surface area contributed by atoms with Crippen LogP contribution in [0.1, 0.15) is 18.3 Å². The van der Waals surface area contributed by atoms with E-state index in [2.05, 4.69) is 21.0 Å². The lowest BCUT2D eigenvalue weighted by Crippen LogP contribution is -2.41. The average Bonchev–Trinajstić information content (AvgIpc) is 2.97. The normalized spacial score (nSPS) is 28.1. The summed E-state index contributed by atoms with van der Waals surface area (Å²) in [5.74, 6) is 2.23. The van der Waals surface area contributed by atoms with Crippen molar-refractivity contribution in [1.29, 1.82) is 0 Å². The Morgan fingerprint density at radius 1 is 1.59 bits per heavy atom. The maximum absolute atomic E-state index is 13.4.